The average Bonchev–Trinajstić information content (AvgIpc) is 3.12. The second-order valence-corrected chi connectivity index (χ2v) is 9.88. The molecule has 2 aromatic carbocycles. The minimum absolute atomic E-state index is 0.133. The molecule has 2 aliphatic heterocycles. The summed E-state index contributed by atoms with van der Waals surface area (Å²) in [5.41, 5.74) is 1.13. The van der Waals surface area contributed by atoms with E-state index in [1.165, 1.54) is 28.6 Å². The number of anilines is 1. The average molecular weight is 487 g/mol. The van der Waals surface area contributed by atoms with Crippen molar-refractivity contribution < 1.29 is 32.2 Å². The summed E-state index contributed by atoms with van der Waals surface area (Å²) < 4.78 is 42.6. The van der Waals surface area contributed by atoms with E-state index in [2.05, 4.69) is 5.32 Å². The van der Waals surface area contributed by atoms with Gasteiger partial charge >= 0.3 is 5.97 Å². The zero-order valence-corrected chi connectivity index (χ0v) is 19.4. The van der Waals surface area contributed by atoms with Crippen molar-refractivity contribution in [2.75, 3.05) is 31.8 Å². The maximum absolute atomic E-state index is 12.8. The highest BCUT2D eigenvalue weighted by molar-refractivity contribution is 7.89. The fraction of sp³-hybridized carbons (Fsp3) is 0.333. The Morgan fingerprint density at radius 1 is 0.971 bits per heavy atom. The van der Waals surface area contributed by atoms with E-state index < -0.39 is 28.5 Å². The first kappa shape index (κ1) is 23.8. The molecular weight excluding hydrogens is 460 g/mol. The molecule has 1 N–H and O–H groups in total. The van der Waals surface area contributed by atoms with Crippen LogP contribution in [-0.4, -0.2) is 51.1 Å². The molecule has 0 atom stereocenters. The number of hydrogen-bond donors (Lipinski definition) is 1. The summed E-state index contributed by atoms with van der Waals surface area (Å²) in [6.45, 7) is 0.758. The third kappa shape index (κ3) is 5.95. The van der Waals surface area contributed by atoms with E-state index in [1.54, 1.807) is 30.3 Å². The molecule has 0 aliphatic carbocycles. The molecule has 0 unspecified atom stereocenters. The molecule has 1 saturated heterocycles. The zero-order valence-electron chi connectivity index (χ0n) is 18.6. The van der Waals surface area contributed by atoms with E-state index in [9.17, 15) is 18.0 Å². The van der Waals surface area contributed by atoms with Crippen LogP contribution in [0, 0.1) is 0 Å². The van der Waals surface area contributed by atoms with Gasteiger partial charge in [-0.25, -0.2) is 13.2 Å². The third-order valence-corrected chi connectivity index (χ3v) is 7.41. The SMILES string of the molecule is O=C(COC(=O)C=Cc1ccc(S(=O)(=O)N2CCCCCC2)cc1)Nc1ccc2c(c1)OCO2. The number of esters is 1. The number of amides is 1. The van der Waals surface area contributed by atoms with Gasteiger partial charge in [0.15, 0.2) is 18.1 Å². The molecule has 0 saturated carbocycles. The van der Waals surface area contributed by atoms with Gasteiger partial charge < -0.3 is 19.5 Å². The fourth-order valence-corrected chi connectivity index (χ4v) is 5.22. The molecule has 180 valence electrons. The molecule has 1 amide bonds. The monoisotopic (exact) mass is 486 g/mol. The van der Waals surface area contributed by atoms with Crippen LogP contribution in [0.1, 0.15) is 31.2 Å². The van der Waals surface area contributed by atoms with Crippen LogP contribution >= 0.6 is 0 Å². The van der Waals surface area contributed by atoms with Crippen molar-refractivity contribution in [1.29, 1.82) is 0 Å². The smallest absolute Gasteiger partial charge is 0.331 e. The molecular formula is C24H26N2O7S. The van der Waals surface area contributed by atoms with Crippen molar-refractivity contribution in [3.8, 4) is 11.5 Å². The van der Waals surface area contributed by atoms with Gasteiger partial charge in [0, 0.05) is 30.9 Å². The van der Waals surface area contributed by atoms with Gasteiger partial charge in [0.2, 0.25) is 16.8 Å². The highest BCUT2D eigenvalue weighted by Crippen LogP contribution is 2.34. The summed E-state index contributed by atoms with van der Waals surface area (Å²) >= 11 is 0. The lowest BCUT2D eigenvalue weighted by atomic mass is 10.2. The Hall–Kier alpha value is -3.37. The van der Waals surface area contributed by atoms with E-state index >= 15 is 0 Å². The number of fused-ring (bicyclic) bond motifs is 1. The van der Waals surface area contributed by atoms with Crippen molar-refractivity contribution in [2.45, 2.75) is 30.6 Å². The molecule has 34 heavy (non-hydrogen) atoms. The van der Waals surface area contributed by atoms with Crippen molar-refractivity contribution in [3.05, 3.63) is 54.1 Å². The maximum atomic E-state index is 12.8. The summed E-state index contributed by atoms with van der Waals surface area (Å²) in [6, 6.07) is 11.3. The van der Waals surface area contributed by atoms with Gasteiger partial charge in [-0.3, -0.25) is 4.79 Å². The number of nitrogens with one attached hydrogen (secondary N) is 1. The van der Waals surface area contributed by atoms with Crippen molar-refractivity contribution in [2.24, 2.45) is 0 Å². The molecule has 0 radical (unpaired) electrons. The van der Waals surface area contributed by atoms with Crippen molar-refractivity contribution in [3.63, 3.8) is 0 Å². The Labute approximate surface area is 198 Å². The van der Waals surface area contributed by atoms with Crippen LogP contribution in [0.25, 0.3) is 6.08 Å². The van der Waals surface area contributed by atoms with Crippen LogP contribution in [0.5, 0.6) is 11.5 Å². The summed E-state index contributed by atoms with van der Waals surface area (Å²) in [6.07, 6.45) is 6.53. The van der Waals surface area contributed by atoms with Crippen molar-refractivity contribution in [1.82, 2.24) is 4.31 Å². The lowest BCUT2D eigenvalue weighted by molar-refractivity contribution is -0.142. The number of carbonyl (C=O) groups excluding carboxylic acids is 2. The number of ether oxygens (including phenoxy) is 3. The van der Waals surface area contributed by atoms with Crippen molar-refractivity contribution >= 4 is 33.7 Å². The maximum Gasteiger partial charge on any atom is 0.331 e. The number of rotatable bonds is 7. The third-order valence-electron chi connectivity index (χ3n) is 5.50. The van der Waals surface area contributed by atoms with E-state index in [0.717, 1.165) is 25.7 Å². The first-order chi connectivity index (χ1) is 16.4. The van der Waals surface area contributed by atoms with Crippen LogP contribution < -0.4 is 14.8 Å². The Bertz CT molecular complexity index is 1170. The fourth-order valence-electron chi connectivity index (χ4n) is 3.70. The standard InChI is InChI=1S/C24H26N2O7S/c27-23(25-19-8-11-21-22(15-19)33-17-32-21)16-31-24(28)12-7-18-5-9-20(10-6-18)34(29,30)26-13-3-1-2-4-14-26/h5-12,15H,1-4,13-14,16-17H2,(H,25,27). The summed E-state index contributed by atoms with van der Waals surface area (Å²) in [7, 11) is -3.52. The minimum atomic E-state index is -3.52. The first-order valence-electron chi connectivity index (χ1n) is 11.1. The number of hydrogen-bond acceptors (Lipinski definition) is 7. The molecule has 2 aliphatic rings. The molecule has 0 aromatic heterocycles. The van der Waals surface area contributed by atoms with Crippen LogP contribution in [0.2, 0.25) is 0 Å². The van der Waals surface area contributed by atoms with Crippen LogP contribution in [-0.2, 0) is 24.3 Å². The van der Waals surface area contributed by atoms with Crippen LogP contribution in [0.4, 0.5) is 5.69 Å². The highest BCUT2D eigenvalue weighted by atomic mass is 32.2. The number of carbonyl (C=O) groups is 2. The van der Waals surface area contributed by atoms with Gasteiger partial charge in [-0.2, -0.15) is 4.31 Å². The number of benzene rings is 2. The zero-order chi connectivity index (χ0) is 24.0. The molecule has 0 spiro atoms. The predicted octanol–water partition coefficient (Wildman–Crippen LogP) is 3.18. The summed E-state index contributed by atoms with van der Waals surface area (Å²) in [4.78, 5) is 24.2. The topological polar surface area (TPSA) is 111 Å². The van der Waals surface area contributed by atoms with Crippen LogP contribution in [0.15, 0.2) is 53.4 Å². The molecule has 4 rings (SSSR count). The van der Waals surface area contributed by atoms with E-state index in [-0.39, 0.29) is 11.7 Å². The van der Waals surface area contributed by atoms with E-state index in [1.807, 2.05) is 0 Å². The predicted molar refractivity (Wildman–Crippen MR) is 125 cm³/mol. The Morgan fingerprint density at radius 2 is 1.68 bits per heavy atom. The van der Waals surface area contributed by atoms with Gasteiger partial charge in [0.1, 0.15) is 0 Å². The summed E-state index contributed by atoms with van der Waals surface area (Å²) in [5, 5.41) is 2.62. The lowest BCUT2D eigenvalue weighted by Crippen LogP contribution is -2.31. The quantitative estimate of drug-likeness (QED) is 0.473. The second kappa shape index (κ2) is 10.7. The normalized spacial score (nSPS) is 16.2. The minimum Gasteiger partial charge on any atom is -0.454 e. The van der Waals surface area contributed by atoms with Crippen LogP contribution in [0.3, 0.4) is 0 Å². The number of sulfonamides is 1. The van der Waals surface area contributed by atoms with Gasteiger partial charge in [-0.15, -0.1) is 0 Å². The van der Waals surface area contributed by atoms with Gasteiger partial charge in [0.05, 0.1) is 4.90 Å². The lowest BCUT2D eigenvalue weighted by Gasteiger charge is -2.19. The van der Waals surface area contributed by atoms with Gasteiger partial charge in [-0.05, 0) is 48.7 Å². The van der Waals surface area contributed by atoms with Gasteiger partial charge in [-0.1, -0.05) is 25.0 Å². The second-order valence-electron chi connectivity index (χ2n) is 7.94. The molecule has 10 heteroatoms. The number of nitrogens with zero attached hydrogens (tertiary/aromatic N) is 1. The Balaban J connectivity index is 1.27. The van der Waals surface area contributed by atoms with Gasteiger partial charge in [0.25, 0.3) is 5.91 Å². The molecule has 9 nitrogen and oxygen atoms in total. The highest BCUT2D eigenvalue weighted by Gasteiger charge is 2.24. The molecule has 0 bridgehead atoms. The van der Waals surface area contributed by atoms with E-state index in [4.69, 9.17) is 14.2 Å². The molecule has 2 aromatic rings. The largest absolute Gasteiger partial charge is 0.454 e. The summed E-state index contributed by atoms with van der Waals surface area (Å²) in [5.74, 6) is -0.0593. The molecule has 1 fully saturated rings. The molecule has 2 heterocycles. The Morgan fingerprint density at radius 3 is 2.41 bits per heavy atom. The Kier molecular flexibility index (Phi) is 7.49. The first-order valence-corrected chi connectivity index (χ1v) is 12.5. The van der Waals surface area contributed by atoms with E-state index in [0.29, 0.717) is 35.8 Å².